The van der Waals surface area contributed by atoms with Crippen molar-refractivity contribution < 1.29 is 33.7 Å². The lowest BCUT2D eigenvalue weighted by Gasteiger charge is -2.20. The van der Waals surface area contributed by atoms with E-state index in [0.717, 1.165) is 0 Å². The molecule has 1 rings (SSSR count). The summed E-state index contributed by atoms with van der Waals surface area (Å²) in [6.45, 7) is 2.55. The molecule has 1 aromatic carbocycles. The van der Waals surface area contributed by atoms with Crippen LogP contribution < -0.4 is 25.3 Å². The Morgan fingerprint density at radius 2 is 1.68 bits per heavy atom. The molecule has 1 aromatic rings. The zero-order chi connectivity index (χ0) is 19.2. The molecule has 0 saturated carbocycles. The lowest BCUT2D eigenvalue weighted by molar-refractivity contribution is -0.146. The van der Waals surface area contributed by atoms with Crippen LogP contribution in [0.5, 0.6) is 17.2 Å². The summed E-state index contributed by atoms with van der Waals surface area (Å²) in [6, 6.07) is 2.78. The second-order valence-corrected chi connectivity index (χ2v) is 5.84. The molecule has 0 aromatic heterocycles. The number of benzene rings is 1. The van der Waals surface area contributed by atoms with E-state index >= 15 is 0 Å². The van der Waals surface area contributed by atoms with Crippen LogP contribution in [-0.2, 0) is 9.59 Å². The Labute approximate surface area is 145 Å². The number of hydrogen-bond donors (Lipinski definition) is 3. The minimum Gasteiger partial charge on any atom is -0.493 e. The molecule has 0 spiro atoms. The van der Waals surface area contributed by atoms with E-state index in [9.17, 15) is 14.4 Å². The summed E-state index contributed by atoms with van der Waals surface area (Å²) in [4.78, 5) is 34.3. The van der Waals surface area contributed by atoms with Crippen molar-refractivity contribution in [2.45, 2.75) is 13.8 Å². The molecule has 9 heteroatoms. The Kier molecular flexibility index (Phi) is 6.60. The average Bonchev–Trinajstić information content (AvgIpc) is 2.56. The van der Waals surface area contributed by atoms with Gasteiger partial charge in [0.05, 0.1) is 19.6 Å². The molecular formula is C16H22N2O7. The molecule has 4 N–H and O–H groups in total. The van der Waals surface area contributed by atoms with Gasteiger partial charge in [-0.2, -0.15) is 0 Å². The molecule has 2 amide bonds. The van der Waals surface area contributed by atoms with Gasteiger partial charge in [0.2, 0.25) is 5.75 Å². The van der Waals surface area contributed by atoms with Crippen LogP contribution in [0.15, 0.2) is 12.1 Å². The van der Waals surface area contributed by atoms with Crippen molar-refractivity contribution in [2.75, 3.05) is 27.4 Å². The van der Waals surface area contributed by atoms with Crippen molar-refractivity contribution in [3.05, 3.63) is 17.7 Å². The molecule has 0 bridgehead atoms. The lowest BCUT2D eigenvalue weighted by atomic mass is 9.94. The van der Waals surface area contributed by atoms with E-state index in [2.05, 4.69) is 5.32 Å². The maximum Gasteiger partial charge on any atom is 0.310 e. The molecule has 138 valence electrons. The van der Waals surface area contributed by atoms with Crippen LogP contribution in [0, 0.1) is 5.41 Å². The van der Waals surface area contributed by atoms with Crippen LogP contribution >= 0.6 is 0 Å². The third kappa shape index (κ3) is 5.27. The van der Waals surface area contributed by atoms with Crippen molar-refractivity contribution >= 4 is 17.8 Å². The topological polar surface area (TPSA) is 137 Å². The van der Waals surface area contributed by atoms with E-state index in [1.54, 1.807) is 0 Å². The van der Waals surface area contributed by atoms with E-state index in [1.165, 1.54) is 40.2 Å². The van der Waals surface area contributed by atoms with Gasteiger partial charge in [-0.3, -0.25) is 14.4 Å². The van der Waals surface area contributed by atoms with Gasteiger partial charge in [0.15, 0.2) is 18.1 Å². The monoisotopic (exact) mass is 354 g/mol. The zero-order valence-electron chi connectivity index (χ0n) is 14.5. The number of methoxy groups -OCH3 is 2. The van der Waals surface area contributed by atoms with Crippen molar-refractivity contribution in [1.82, 2.24) is 5.32 Å². The Morgan fingerprint density at radius 1 is 1.16 bits per heavy atom. The van der Waals surface area contributed by atoms with E-state index < -0.39 is 23.2 Å². The first-order chi connectivity index (χ1) is 11.6. The number of carbonyl (C=O) groups is 3. The summed E-state index contributed by atoms with van der Waals surface area (Å²) in [7, 11) is 2.72. The highest BCUT2D eigenvalue weighted by molar-refractivity contribution is 5.96. The summed E-state index contributed by atoms with van der Waals surface area (Å²) in [5, 5.41) is 11.6. The fourth-order valence-corrected chi connectivity index (χ4v) is 1.78. The van der Waals surface area contributed by atoms with Gasteiger partial charge < -0.3 is 30.4 Å². The first-order valence-corrected chi connectivity index (χ1v) is 7.31. The average molecular weight is 354 g/mol. The Hall–Kier alpha value is -2.97. The number of ether oxygens (including phenoxy) is 3. The van der Waals surface area contributed by atoms with Crippen LogP contribution in [0.3, 0.4) is 0 Å². The van der Waals surface area contributed by atoms with Crippen LogP contribution in [0.2, 0.25) is 0 Å². The van der Waals surface area contributed by atoms with E-state index in [1.807, 2.05) is 0 Å². The minimum atomic E-state index is -1.12. The smallest absolute Gasteiger partial charge is 0.310 e. The fourth-order valence-electron chi connectivity index (χ4n) is 1.78. The number of hydrogen-bond acceptors (Lipinski definition) is 6. The maximum absolute atomic E-state index is 12.3. The quantitative estimate of drug-likeness (QED) is 0.584. The number of carbonyl (C=O) groups excluding carboxylic acids is 2. The summed E-state index contributed by atoms with van der Waals surface area (Å²) >= 11 is 0. The number of carboxylic acids is 1. The molecule has 0 unspecified atom stereocenters. The van der Waals surface area contributed by atoms with Gasteiger partial charge >= 0.3 is 5.97 Å². The first-order valence-electron chi connectivity index (χ1n) is 7.31. The third-order valence-electron chi connectivity index (χ3n) is 3.35. The maximum atomic E-state index is 12.3. The number of amides is 2. The Bertz CT molecular complexity index is 645. The zero-order valence-corrected chi connectivity index (χ0v) is 14.5. The molecule has 0 fully saturated rings. The first kappa shape index (κ1) is 20.1. The van der Waals surface area contributed by atoms with Crippen LogP contribution in [-0.4, -0.2) is 50.3 Å². The number of carboxylic acid groups (broad SMARTS) is 1. The number of nitrogens with one attached hydrogen (secondary N) is 1. The summed E-state index contributed by atoms with van der Waals surface area (Å²) in [6.07, 6.45) is 0. The third-order valence-corrected chi connectivity index (χ3v) is 3.35. The predicted octanol–water partition coefficient (Wildman–Crippen LogP) is 0.409. The SMILES string of the molecule is COc1cc(C(=O)NCC(C)(C)C(=O)O)cc(OC)c1OCC(N)=O. The minimum absolute atomic E-state index is 0.0638. The fraction of sp³-hybridized carbons (Fsp3) is 0.438. The van der Waals surface area contributed by atoms with Crippen molar-refractivity contribution in [1.29, 1.82) is 0 Å². The number of aliphatic carboxylic acids is 1. The molecule has 0 aliphatic rings. The molecule has 0 heterocycles. The van der Waals surface area contributed by atoms with Crippen LogP contribution in [0.25, 0.3) is 0 Å². The van der Waals surface area contributed by atoms with Gasteiger partial charge in [-0.25, -0.2) is 0 Å². The summed E-state index contributed by atoms with van der Waals surface area (Å²) in [5.41, 5.74) is 4.11. The van der Waals surface area contributed by atoms with Gasteiger partial charge in [0.25, 0.3) is 11.8 Å². The number of primary amides is 1. The second kappa shape index (κ2) is 8.22. The number of nitrogens with two attached hydrogens (primary N) is 1. The summed E-state index contributed by atoms with van der Waals surface area (Å²) in [5.74, 6) is -1.75. The van der Waals surface area contributed by atoms with Crippen molar-refractivity contribution in [2.24, 2.45) is 11.1 Å². The van der Waals surface area contributed by atoms with E-state index in [-0.39, 0.29) is 36.0 Å². The molecule has 25 heavy (non-hydrogen) atoms. The molecule has 9 nitrogen and oxygen atoms in total. The van der Waals surface area contributed by atoms with Crippen molar-refractivity contribution in [3.8, 4) is 17.2 Å². The van der Waals surface area contributed by atoms with Gasteiger partial charge in [-0.15, -0.1) is 0 Å². The van der Waals surface area contributed by atoms with Gasteiger partial charge in [0, 0.05) is 12.1 Å². The standard InChI is InChI=1S/C16H22N2O7/c1-16(2,15(21)22)8-18-14(20)9-5-10(23-3)13(11(6-9)24-4)25-7-12(17)19/h5-6H,7-8H2,1-4H3,(H2,17,19)(H,18,20)(H,21,22). The lowest BCUT2D eigenvalue weighted by Crippen LogP contribution is -2.38. The number of rotatable bonds is 9. The summed E-state index contributed by atoms with van der Waals surface area (Å²) < 4.78 is 15.6. The molecule has 0 atom stereocenters. The Balaban J connectivity index is 3.06. The molecule has 0 aliphatic heterocycles. The van der Waals surface area contributed by atoms with Crippen LogP contribution in [0.4, 0.5) is 0 Å². The van der Waals surface area contributed by atoms with Gasteiger partial charge in [0.1, 0.15) is 0 Å². The second-order valence-electron chi connectivity index (χ2n) is 5.84. The van der Waals surface area contributed by atoms with Crippen molar-refractivity contribution in [3.63, 3.8) is 0 Å². The van der Waals surface area contributed by atoms with E-state index in [4.69, 9.17) is 25.1 Å². The highest BCUT2D eigenvalue weighted by atomic mass is 16.5. The molecule has 0 aliphatic carbocycles. The van der Waals surface area contributed by atoms with E-state index in [0.29, 0.717) is 0 Å². The van der Waals surface area contributed by atoms with Gasteiger partial charge in [-0.05, 0) is 26.0 Å². The highest BCUT2D eigenvalue weighted by Crippen LogP contribution is 2.38. The molecule has 0 radical (unpaired) electrons. The molecular weight excluding hydrogens is 332 g/mol. The largest absolute Gasteiger partial charge is 0.493 e. The van der Waals surface area contributed by atoms with Gasteiger partial charge in [-0.1, -0.05) is 0 Å². The highest BCUT2D eigenvalue weighted by Gasteiger charge is 2.28. The molecule has 0 saturated heterocycles. The van der Waals surface area contributed by atoms with Crippen LogP contribution in [0.1, 0.15) is 24.2 Å². The predicted molar refractivity (Wildman–Crippen MR) is 88.0 cm³/mol. The Morgan fingerprint density at radius 3 is 2.08 bits per heavy atom. The normalized spacial score (nSPS) is 10.7.